The predicted molar refractivity (Wildman–Crippen MR) is 84.5 cm³/mol. The van der Waals surface area contributed by atoms with Gasteiger partial charge in [0.05, 0.1) is 43.5 Å². The summed E-state index contributed by atoms with van der Waals surface area (Å²) in [5.41, 5.74) is 1.89. The van der Waals surface area contributed by atoms with Crippen molar-refractivity contribution in [3.63, 3.8) is 0 Å². The van der Waals surface area contributed by atoms with Gasteiger partial charge in [0, 0.05) is 24.4 Å². The maximum Gasteiger partial charge on any atom is 0.162 e. The molecule has 0 spiro atoms. The number of benzene rings is 1. The fraction of sp³-hybridized carbons (Fsp3) is 0.400. The van der Waals surface area contributed by atoms with E-state index in [0.29, 0.717) is 29.1 Å². The second kappa shape index (κ2) is 6.72. The molecule has 1 aromatic carbocycles. The van der Waals surface area contributed by atoms with Crippen LogP contribution in [0.1, 0.15) is 25.6 Å². The molecule has 0 fully saturated rings. The van der Waals surface area contributed by atoms with Crippen molar-refractivity contribution < 1.29 is 9.47 Å². The summed E-state index contributed by atoms with van der Waals surface area (Å²) in [6, 6.07) is 3.94. The van der Waals surface area contributed by atoms with E-state index in [-0.39, 0.29) is 0 Å². The summed E-state index contributed by atoms with van der Waals surface area (Å²) < 4.78 is 12.6. The van der Waals surface area contributed by atoms with E-state index >= 15 is 0 Å². The van der Waals surface area contributed by atoms with E-state index in [4.69, 9.17) is 21.1 Å². The maximum atomic E-state index is 6.26. The number of halogens is 1. The highest BCUT2D eigenvalue weighted by atomic mass is 35.5. The number of imidazole rings is 1. The number of methoxy groups -OCH3 is 2. The quantitative estimate of drug-likeness (QED) is 0.883. The van der Waals surface area contributed by atoms with E-state index in [2.05, 4.69) is 28.7 Å². The van der Waals surface area contributed by atoms with Crippen molar-refractivity contribution in [3.05, 3.63) is 35.4 Å². The number of anilines is 1. The number of rotatable bonds is 6. The second-order valence-electron chi connectivity index (χ2n) is 4.93. The highest BCUT2D eigenvalue weighted by Crippen LogP contribution is 2.36. The molecule has 0 bridgehead atoms. The molecule has 2 rings (SSSR count). The molecule has 21 heavy (non-hydrogen) atoms. The molecule has 1 N–H and O–H groups in total. The number of nitrogens with zero attached hydrogens (tertiary/aromatic N) is 2. The lowest BCUT2D eigenvalue weighted by molar-refractivity contribution is 0.355. The van der Waals surface area contributed by atoms with Gasteiger partial charge < -0.3 is 19.4 Å². The zero-order chi connectivity index (χ0) is 15.4. The first-order chi connectivity index (χ1) is 10.1. The number of nitrogens with one attached hydrogen (secondary N) is 1. The molecular formula is C15H20ClN3O2. The zero-order valence-corrected chi connectivity index (χ0v) is 13.4. The number of aromatic nitrogens is 2. The van der Waals surface area contributed by atoms with Crippen LogP contribution in [0, 0.1) is 0 Å². The normalized spacial score (nSPS) is 10.8. The third-order valence-electron chi connectivity index (χ3n) is 3.24. The predicted octanol–water partition coefficient (Wildman–Crippen LogP) is 3.75. The van der Waals surface area contributed by atoms with E-state index in [1.807, 2.05) is 18.6 Å². The van der Waals surface area contributed by atoms with E-state index in [9.17, 15) is 0 Å². The average molecular weight is 310 g/mol. The molecule has 0 radical (unpaired) electrons. The molecule has 2 aromatic rings. The minimum absolute atomic E-state index is 0.366. The number of hydrogen-bond acceptors (Lipinski definition) is 4. The van der Waals surface area contributed by atoms with Gasteiger partial charge in [0.25, 0.3) is 0 Å². The largest absolute Gasteiger partial charge is 0.493 e. The van der Waals surface area contributed by atoms with Crippen molar-refractivity contribution >= 4 is 17.3 Å². The Hall–Kier alpha value is -1.88. The molecule has 6 heteroatoms. The molecule has 1 aromatic heterocycles. The molecule has 0 atom stereocenters. The van der Waals surface area contributed by atoms with Gasteiger partial charge in [0.15, 0.2) is 11.5 Å². The smallest absolute Gasteiger partial charge is 0.162 e. The van der Waals surface area contributed by atoms with Crippen LogP contribution in [0.3, 0.4) is 0 Å². The average Bonchev–Trinajstić information content (AvgIpc) is 2.94. The first-order valence-electron chi connectivity index (χ1n) is 6.73. The van der Waals surface area contributed by atoms with Gasteiger partial charge >= 0.3 is 0 Å². The van der Waals surface area contributed by atoms with Crippen LogP contribution in [-0.4, -0.2) is 23.8 Å². The van der Waals surface area contributed by atoms with Gasteiger partial charge in [0.1, 0.15) is 0 Å². The van der Waals surface area contributed by atoms with Crippen LogP contribution in [0.25, 0.3) is 0 Å². The molecule has 0 saturated heterocycles. The van der Waals surface area contributed by atoms with Crippen molar-refractivity contribution in [2.45, 2.75) is 26.4 Å². The van der Waals surface area contributed by atoms with Crippen LogP contribution in [0.2, 0.25) is 5.02 Å². The maximum absolute atomic E-state index is 6.26. The second-order valence-corrected chi connectivity index (χ2v) is 5.33. The van der Waals surface area contributed by atoms with Crippen molar-refractivity contribution in [1.82, 2.24) is 9.55 Å². The van der Waals surface area contributed by atoms with E-state index in [1.165, 1.54) is 0 Å². The van der Waals surface area contributed by atoms with Crippen LogP contribution in [0.4, 0.5) is 5.69 Å². The van der Waals surface area contributed by atoms with Gasteiger partial charge in [-0.15, -0.1) is 0 Å². The lowest BCUT2D eigenvalue weighted by Gasteiger charge is -2.15. The molecule has 0 saturated carbocycles. The Balaban J connectivity index is 2.18. The molecule has 0 aliphatic carbocycles. The highest BCUT2D eigenvalue weighted by molar-refractivity contribution is 6.33. The summed E-state index contributed by atoms with van der Waals surface area (Å²) in [5, 5.41) is 3.89. The number of ether oxygens (including phenoxy) is 2. The van der Waals surface area contributed by atoms with Crippen molar-refractivity contribution in [2.24, 2.45) is 0 Å². The monoisotopic (exact) mass is 309 g/mol. The third kappa shape index (κ3) is 3.42. The van der Waals surface area contributed by atoms with Crippen molar-refractivity contribution in [1.29, 1.82) is 0 Å². The topological polar surface area (TPSA) is 48.3 Å². The fourth-order valence-corrected chi connectivity index (χ4v) is 2.33. The lowest BCUT2D eigenvalue weighted by Crippen LogP contribution is -2.09. The van der Waals surface area contributed by atoms with Gasteiger partial charge in [-0.25, -0.2) is 4.98 Å². The van der Waals surface area contributed by atoms with E-state index in [0.717, 1.165) is 11.4 Å². The minimum Gasteiger partial charge on any atom is -0.493 e. The SMILES string of the molecule is COc1cc(Cl)c(NCc2cncn2C(C)C)cc1OC. The summed E-state index contributed by atoms with van der Waals surface area (Å²) in [4.78, 5) is 4.18. The summed E-state index contributed by atoms with van der Waals surface area (Å²) in [6.07, 6.45) is 3.68. The van der Waals surface area contributed by atoms with Crippen LogP contribution >= 0.6 is 11.6 Å². The minimum atomic E-state index is 0.366. The Morgan fingerprint density at radius 3 is 2.52 bits per heavy atom. The summed E-state index contributed by atoms with van der Waals surface area (Å²) in [5.74, 6) is 1.25. The van der Waals surface area contributed by atoms with Crippen LogP contribution in [-0.2, 0) is 6.54 Å². The first kappa shape index (κ1) is 15.5. The van der Waals surface area contributed by atoms with Crippen molar-refractivity contribution in [2.75, 3.05) is 19.5 Å². The molecule has 0 amide bonds. The zero-order valence-electron chi connectivity index (χ0n) is 12.7. The molecule has 0 unspecified atom stereocenters. The summed E-state index contributed by atoms with van der Waals surface area (Å²) in [7, 11) is 3.19. The Kier molecular flexibility index (Phi) is 4.96. The molecule has 0 aliphatic heterocycles. The van der Waals surface area contributed by atoms with Gasteiger partial charge in [-0.2, -0.15) is 0 Å². The standard InChI is InChI=1S/C15H20ClN3O2/c1-10(2)19-9-17-7-11(19)8-18-13-6-15(21-4)14(20-3)5-12(13)16/h5-7,9-10,18H,8H2,1-4H3. The van der Waals surface area contributed by atoms with Crippen LogP contribution < -0.4 is 14.8 Å². The molecular weight excluding hydrogens is 290 g/mol. The fourth-order valence-electron chi connectivity index (χ4n) is 2.11. The van der Waals surface area contributed by atoms with Crippen LogP contribution in [0.15, 0.2) is 24.7 Å². The Morgan fingerprint density at radius 1 is 1.24 bits per heavy atom. The Bertz CT molecular complexity index is 611. The Labute approximate surface area is 129 Å². The first-order valence-corrected chi connectivity index (χ1v) is 7.10. The highest BCUT2D eigenvalue weighted by Gasteiger charge is 2.11. The van der Waals surface area contributed by atoms with E-state index in [1.54, 1.807) is 20.3 Å². The molecule has 5 nitrogen and oxygen atoms in total. The number of hydrogen-bond donors (Lipinski definition) is 1. The molecule has 1 heterocycles. The molecule has 0 aliphatic rings. The van der Waals surface area contributed by atoms with Gasteiger partial charge in [-0.05, 0) is 13.8 Å². The third-order valence-corrected chi connectivity index (χ3v) is 3.55. The van der Waals surface area contributed by atoms with Gasteiger partial charge in [-0.1, -0.05) is 11.6 Å². The van der Waals surface area contributed by atoms with Gasteiger partial charge in [0.2, 0.25) is 0 Å². The van der Waals surface area contributed by atoms with Crippen LogP contribution in [0.5, 0.6) is 11.5 Å². The van der Waals surface area contributed by atoms with Gasteiger partial charge in [-0.3, -0.25) is 0 Å². The summed E-state index contributed by atoms with van der Waals surface area (Å²) >= 11 is 6.26. The summed E-state index contributed by atoms with van der Waals surface area (Å²) in [6.45, 7) is 4.87. The van der Waals surface area contributed by atoms with E-state index < -0.39 is 0 Å². The lowest BCUT2D eigenvalue weighted by atomic mass is 10.2. The molecule has 114 valence electrons. The van der Waals surface area contributed by atoms with Crippen molar-refractivity contribution in [3.8, 4) is 11.5 Å². The Morgan fingerprint density at radius 2 is 1.90 bits per heavy atom.